The molecule has 2 aliphatic rings. The van der Waals surface area contributed by atoms with Gasteiger partial charge < -0.3 is 5.32 Å². The van der Waals surface area contributed by atoms with E-state index in [4.69, 9.17) is 0 Å². The summed E-state index contributed by atoms with van der Waals surface area (Å²) in [6, 6.07) is 2.64. The van der Waals surface area contributed by atoms with Gasteiger partial charge in [0.25, 0.3) is 0 Å². The molecular formula is C14H25N3. The number of nitrogens with one attached hydrogen (secondary N) is 1. The fourth-order valence-electron chi connectivity index (χ4n) is 3.38. The van der Waals surface area contributed by atoms with Gasteiger partial charge >= 0.3 is 0 Å². The lowest BCUT2D eigenvalue weighted by Crippen LogP contribution is -2.57. The third-order valence-corrected chi connectivity index (χ3v) is 4.73. The van der Waals surface area contributed by atoms with Crippen LogP contribution in [0.4, 0.5) is 0 Å². The van der Waals surface area contributed by atoms with Gasteiger partial charge in [-0.15, -0.1) is 0 Å². The molecule has 0 atom stereocenters. The highest BCUT2D eigenvalue weighted by Gasteiger charge is 2.41. The lowest BCUT2D eigenvalue weighted by Gasteiger charge is -2.45. The van der Waals surface area contributed by atoms with E-state index in [-0.39, 0.29) is 5.54 Å². The average Bonchev–Trinajstić information content (AvgIpc) is 2.40. The molecule has 1 aliphatic heterocycles. The standard InChI is InChI=1S/C14H25N3/c1-12(2)13-3-5-14(11-15,6-4-13)17-9-7-16-8-10-17/h12-13,16H,3-10H2,1-2H3. The Balaban J connectivity index is 2.00. The van der Waals surface area contributed by atoms with Crippen LogP contribution in [0.25, 0.3) is 0 Å². The van der Waals surface area contributed by atoms with E-state index in [9.17, 15) is 5.26 Å². The van der Waals surface area contributed by atoms with Crippen molar-refractivity contribution in [2.24, 2.45) is 11.8 Å². The maximum Gasteiger partial charge on any atom is 0.109 e. The van der Waals surface area contributed by atoms with E-state index in [1.165, 1.54) is 12.8 Å². The SMILES string of the molecule is CC(C)C1CCC(C#N)(N2CCNCC2)CC1. The average molecular weight is 235 g/mol. The van der Waals surface area contributed by atoms with Gasteiger partial charge in [-0.25, -0.2) is 0 Å². The summed E-state index contributed by atoms with van der Waals surface area (Å²) in [5.41, 5.74) is -0.145. The fourth-order valence-corrected chi connectivity index (χ4v) is 3.38. The molecule has 1 saturated heterocycles. The molecular weight excluding hydrogens is 210 g/mol. The lowest BCUT2D eigenvalue weighted by molar-refractivity contribution is 0.0610. The molecule has 17 heavy (non-hydrogen) atoms. The van der Waals surface area contributed by atoms with Crippen LogP contribution in [0.1, 0.15) is 39.5 Å². The van der Waals surface area contributed by atoms with Gasteiger partial charge in [0.05, 0.1) is 6.07 Å². The molecule has 0 spiro atoms. The summed E-state index contributed by atoms with van der Waals surface area (Å²) in [4.78, 5) is 2.43. The molecule has 0 unspecified atom stereocenters. The molecule has 0 aromatic rings. The molecule has 96 valence electrons. The van der Waals surface area contributed by atoms with Crippen molar-refractivity contribution in [3.8, 4) is 6.07 Å². The second-order valence-electron chi connectivity index (χ2n) is 5.96. The predicted octanol–water partition coefficient (Wildman–Crippen LogP) is 2.00. The van der Waals surface area contributed by atoms with E-state index in [1.807, 2.05) is 0 Å². The van der Waals surface area contributed by atoms with Crippen LogP contribution in [0.15, 0.2) is 0 Å². The maximum atomic E-state index is 9.61. The minimum Gasteiger partial charge on any atom is -0.314 e. The highest BCUT2D eigenvalue weighted by molar-refractivity contribution is 5.11. The monoisotopic (exact) mass is 235 g/mol. The molecule has 0 amide bonds. The van der Waals surface area contributed by atoms with Crippen molar-refractivity contribution in [1.82, 2.24) is 10.2 Å². The van der Waals surface area contributed by atoms with Crippen LogP contribution in [0.3, 0.4) is 0 Å². The Kier molecular flexibility index (Phi) is 4.06. The quantitative estimate of drug-likeness (QED) is 0.795. The first-order chi connectivity index (χ1) is 8.18. The Morgan fingerprint density at radius 2 is 1.82 bits per heavy atom. The van der Waals surface area contributed by atoms with E-state index >= 15 is 0 Å². The first-order valence-electron chi connectivity index (χ1n) is 7.05. The van der Waals surface area contributed by atoms with Crippen molar-refractivity contribution in [3.63, 3.8) is 0 Å². The highest BCUT2D eigenvalue weighted by atomic mass is 15.2. The van der Waals surface area contributed by atoms with Gasteiger partial charge in [0.2, 0.25) is 0 Å². The molecule has 1 aliphatic carbocycles. The summed E-state index contributed by atoms with van der Waals surface area (Å²) in [5, 5.41) is 13.0. The van der Waals surface area contributed by atoms with Crippen LogP contribution in [0.2, 0.25) is 0 Å². The number of hydrogen-bond donors (Lipinski definition) is 1. The lowest BCUT2D eigenvalue weighted by atomic mass is 9.72. The van der Waals surface area contributed by atoms with Crippen molar-refractivity contribution in [2.45, 2.75) is 45.1 Å². The molecule has 1 N–H and O–H groups in total. The molecule has 0 radical (unpaired) electrons. The van der Waals surface area contributed by atoms with Crippen LogP contribution in [-0.2, 0) is 0 Å². The molecule has 0 aromatic carbocycles. The molecule has 3 heteroatoms. The molecule has 2 fully saturated rings. The summed E-state index contributed by atoms with van der Waals surface area (Å²) in [6.07, 6.45) is 4.61. The van der Waals surface area contributed by atoms with E-state index < -0.39 is 0 Å². The smallest absolute Gasteiger partial charge is 0.109 e. The molecule has 3 nitrogen and oxygen atoms in total. The molecule has 0 bridgehead atoms. The summed E-state index contributed by atoms with van der Waals surface area (Å²) in [5.74, 6) is 1.61. The normalized spacial score (nSPS) is 35.8. The number of rotatable bonds is 2. The number of hydrogen-bond acceptors (Lipinski definition) is 3. The molecule has 1 heterocycles. The van der Waals surface area contributed by atoms with Crippen molar-refractivity contribution in [3.05, 3.63) is 0 Å². The Hall–Kier alpha value is -0.590. The Bertz CT molecular complexity index is 278. The zero-order valence-electron chi connectivity index (χ0n) is 11.2. The Morgan fingerprint density at radius 3 is 2.29 bits per heavy atom. The Labute approximate surface area is 105 Å². The Morgan fingerprint density at radius 1 is 1.24 bits per heavy atom. The maximum absolute atomic E-state index is 9.61. The molecule has 2 rings (SSSR count). The van der Waals surface area contributed by atoms with Gasteiger partial charge in [-0.2, -0.15) is 5.26 Å². The number of nitrogens with zero attached hydrogens (tertiary/aromatic N) is 2. The van der Waals surface area contributed by atoms with Crippen LogP contribution in [0, 0.1) is 23.2 Å². The van der Waals surface area contributed by atoms with Gasteiger partial charge in [-0.3, -0.25) is 4.90 Å². The molecule has 1 saturated carbocycles. The number of piperazine rings is 1. The van der Waals surface area contributed by atoms with Crippen molar-refractivity contribution < 1.29 is 0 Å². The van der Waals surface area contributed by atoms with E-state index in [1.54, 1.807) is 0 Å². The first-order valence-corrected chi connectivity index (χ1v) is 7.05. The van der Waals surface area contributed by atoms with Crippen molar-refractivity contribution >= 4 is 0 Å². The van der Waals surface area contributed by atoms with Crippen LogP contribution in [0.5, 0.6) is 0 Å². The van der Waals surface area contributed by atoms with E-state index in [2.05, 4.69) is 30.1 Å². The topological polar surface area (TPSA) is 39.1 Å². The summed E-state index contributed by atoms with van der Waals surface area (Å²) in [7, 11) is 0. The minimum atomic E-state index is -0.145. The van der Waals surface area contributed by atoms with Gasteiger partial charge in [0.15, 0.2) is 0 Å². The third kappa shape index (κ3) is 2.64. The predicted molar refractivity (Wildman–Crippen MR) is 69.6 cm³/mol. The minimum absolute atomic E-state index is 0.145. The van der Waals surface area contributed by atoms with Crippen LogP contribution >= 0.6 is 0 Å². The van der Waals surface area contributed by atoms with Crippen LogP contribution in [-0.4, -0.2) is 36.6 Å². The largest absolute Gasteiger partial charge is 0.314 e. The number of nitriles is 1. The second-order valence-corrected chi connectivity index (χ2v) is 5.96. The zero-order valence-corrected chi connectivity index (χ0v) is 11.2. The summed E-state index contributed by atoms with van der Waals surface area (Å²) in [6.45, 7) is 8.79. The van der Waals surface area contributed by atoms with E-state index in [0.717, 1.165) is 50.9 Å². The fraction of sp³-hybridized carbons (Fsp3) is 0.929. The van der Waals surface area contributed by atoms with E-state index in [0.29, 0.717) is 0 Å². The van der Waals surface area contributed by atoms with Crippen molar-refractivity contribution in [1.29, 1.82) is 5.26 Å². The van der Waals surface area contributed by atoms with Gasteiger partial charge in [-0.1, -0.05) is 13.8 Å². The van der Waals surface area contributed by atoms with Gasteiger partial charge in [0, 0.05) is 26.2 Å². The van der Waals surface area contributed by atoms with Gasteiger partial charge in [0.1, 0.15) is 5.54 Å². The molecule has 0 aromatic heterocycles. The zero-order chi connectivity index (χ0) is 12.3. The van der Waals surface area contributed by atoms with Gasteiger partial charge in [-0.05, 0) is 37.5 Å². The summed E-state index contributed by atoms with van der Waals surface area (Å²) < 4.78 is 0. The first kappa shape index (κ1) is 12.9. The van der Waals surface area contributed by atoms with Crippen LogP contribution < -0.4 is 5.32 Å². The highest BCUT2D eigenvalue weighted by Crippen LogP contribution is 2.39. The summed E-state index contributed by atoms with van der Waals surface area (Å²) >= 11 is 0. The van der Waals surface area contributed by atoms with Crippen molar-refractivity contribution in [2.75, 3.05) is 26.2 Å². The third-order valence-electron chi connectivity index (χ3n) is 4.73. The second kappa shape index (κ2) is 5.37.